The average molecular weight is 503 g/mol. The van der Waals surface area contributed by atoms with E-state index in [1.54, 1.807) is 18.5 Å². The molecule has 10 heteroatoms. The van der Waals surface area contributed by atoms with E-state index >= 15 is 0 Å². The molecule has 3 aromatic heterocycles. The zero-order valence-corrected chi connectivity index (χ0v) is 21.5. The van der Waals surface area contributed by atoms with Gasteiger partial charge in [0.05, 0.1) is 38.7 Å². The average Bonchev–Trinajstić information content (AvgIpc) is 3.41. The van der Waals surface area contributed by atoms with Crippen molar-refractivity contribution in [2.24, 2.45) is 11.3 Å². The Balaban J connectivity index is 1.51. The molecule has 1 amide bonds. The van der Waals surface area contributed by atoms with E-state index in [1.165, 1.54) is 11.3 Å². The normalized spacial score (nSPS) is 17.5. The lowest BCUT2D eigenvalue weighted by molar-refractivity contribution is 0.0910. The summed E-state index contributed by atoms with van der Waals surface area (Å²) in [5.74, 6) is 0.243. The Morgan fingerprint density at radius 2 is 1.94 bits per heavy atom. The van der Waals surface area contributed by atoms with Crippen molar-refractivity contribution < 1.29 is 18.0 Å². The third-order valence-electron chi connectivity index (χ3n) is 6.55. The highest BCUT2D eigenvalue weighted by atomic mass is 32.2. The van der Waals surface area contributed by atoms with Crippen LogP contribution in [-0.4, -0.2) is 52.6 Å². The van der Waals surface area contributed by atoms with E-state index in [1.807, 2.05) is 13.0 Å². The first-order chi connectivity index (χ1) is 15.9. The fourth-order valence-electron chi connectivity index (χ4n) is 3.81. The predicted octanol–water partition coefficient (Wildman–Crippen LogP) is 4.25. The number of carbonyl (C=O) groups is 2. The number of hydrogen-bond donors (Lipinski definition) is 2. The molecule has 3 aromatic rings. The van der Waals surface area contributed by atoms with E-state index in [-0.39, 0.29) is 40.6 Å². The quantitative estimate of drug-likeness (QED) is 0.486. The van der Waals surface area contributed by atoms with Crippen LogP contribution in [-0.2, 0) is 9.84 Å². The van der Waals surface area contributed by atoms with Crippen LogP contribution in [0.3, 0.4) is 0 Å². The smallest absolute Gasteiger partial charge is 0.255 e. The van der Waals surface area contributed by atoms with Crippen molar-refractivity contribution in [2.75, 3.05) is 11.5 Å². The largest absolute Gasteiger partial charge is 0.349 e. The lowest BCUT2D eigenvalue weighted by Gasteiger charge is -2.27. The van der Waals surface area contributed by atoms with Crippen LogP contribution in [0, 0.1) is 11.3 Å². The molecule has 1 fully saturated rings. The van der Waals surface area contributed by atoms with Gasteiger partial charge in [-0.25, -0.2) is 18.4 Å². The maximum atomic E-state index is 12.9. The second-order valence-corrected chi connectivity index (χ2v) is 13.5. The molecule has 0 unspecified atom stereocenters. The van der Waals surface area contributed by atoms with Gasteiger partial charge in [-0.05, 0) is 43.2 Å². The summed E-state index contributed by atoms with van der Waals surface area (Å²) in [5.41, 5.74) is 1.96. The molecule has 0 aliphatic carbocycles. The third-order valence-corrected chi connectivity index (χ3v) is 9.42. The standard InChI is InChI=1S/C24H30N4O4S2/c1-14(24(2,3)4)27-23(30)16-12-25-22-21(16)28-17(13-26-22)19-5-6-20(33-19)18(29)11-15-7-9-34(31,32)10-8-15/h5-6,12-15H,7-11H2,1-4H3,(H,25,26)(H,27,30)/t14-/m0/s1. The molecule has 1 saturated heterocycles. The summed E-state index contributed by atoms with van der Waals surface area (Å²) in [5, 5.41) is 3.03. The van der Waals surface area contributed by atoms with Crippen molar-refractivity contribution in [3.8, 4) is 10.6 Å². The lowest BCUT2D eigenvalue weighted by Crippen LogP contribution is -2.41. The summed E-state index contributed by atoms with van der Waals surface area (Å²) in [6.45, 7) is 8.17. The Kier molecular flexibility index (Phi) is 6.65. The monoisotopic (exact) mass is 502 g/mol. The van der Waals surface area contributed by atoms with Crippen LogP contribution in [0.4, 0.5) is 0 Å². The Morgan fingerprint density at radius 1 is 1.24 bits per heavy atom. The molecular formula is C24H30N4O4S2. The van der Waals surface area contributed by atoms with Gasteiger partial charge >= 0.3 is 0 Å². The van der Waals surface area contributed by atoms with Crippen molar-refractivity contribution in [1.82, 2.24) is 20.3 Å². The van der Waals surface area contributed by atoms with E-state index in [9.17, 15) is 18.0 Å². The number of hydrogen-bond acceptors (Lipinski definition) is 7. The summed E-state index contributed by atoms with van der Waals surface area (Å²) in [6.07, 6.45) is 4.69. The number of carbonyl (C=O) groups excluding carboxylic acids is 2. The van der Waals surface area contributed by atoms with Gasteiger partial charge in [0.2, 0.25) is 0 Å². The number of amides is 1. The van der Waals surface area contributed by atoms with Crippen LogP contribution < -0.4 is 5.32 Å². The van der Waals surface area contributed by atoms with Crippen LogP contribution in [0.15, 0.2) is 24.5 Å². The Bertz CT molecular complexity index is 1320. The SMILES string of the molecule is C[C@H](NC(=O)c1c[nH]c2ncc(-c3ccc(C(=O)CC4CCS(=O)(=O)CC4)s3)nc12)C(C)(C)C. The van der Waals surface area contributed by atoms with Gasteiger partial charge in [0, 0.05) is 18.7 Å². The zero-order valence-electron chi connectivity index (χ0n) is 19.8. The molecule has 182 valence electrons. The van der Waals surface area contributed by atoms with Crippen LogP contribution in [0.25, 0.3) is 21.7 Å². The molecule has 4 rings (SSSR count). The minimum absolute atomic E-state index is 0.0208. The number of nitrogens with one attached hydrogen (secondary N) is 2. The minimum Gasteiger partial charge on any atom is -0.349 e. The van der Waals surface area contributed by atoms with Gasteiger partial charge in [0.1, 0.15) is 15.4 Å². The molecule has 2 N–H and O–H groups in total. The topological polar surface area (TPSA) is 122 Å². The lowest BCUT2D eigenvalue weighted by atomic mass is 9.88. The number of H-pyrrole nitrogens is 1. The zero-order chi connectivity index (χ0) is 24.7. The highest BCUT2D eigenvalue weighted by molar-refractivity contribution is 7.91. The van der Waals surface area contributed by atoms with E-state index in [4.69, 9.17) is 0 Å². The van der Waals surface area contributed by atoms with Gasteiger partial charge in [0.25, 0.3) is 5.91 Å². The molecule has 8 nitrogen and oxygen atoms in total. The van der Waals surface area contributed by atoms with Crippen molar-refractivity contribution in [1.29, 1.82) is 0 Å². The summed E-state index contributed by atoms with van der Waals surface area (Å²) < 4.78 is 23.3. The highest BCUT2D eigenvalue weighted by Gasteiger charge is 2.27. The summed E-state index contributed by atoms with van der Waals surface area (Å²) >= 11 is 1.34. The number of ketones is 1. The van der Waals surface area contributed by atoms with Crippen molar-refractivity contribution >= 4 is 44.0 Å². The number of Topliss-reactive ketones (excluding diaryl/α,β-unsaturated/α-hetero) is 1. The third kappa shape index (κ3) is 5.38. The number of aromatic amines is 1. The maximum Gasteiger partial charge on any atom is 0.255 e. The fraction of sp³-hybridized carbons (Fsp3) is 0.500. The Labute approximate surface area is 203 Å². The molecule has 1 atom stereocenters. The van der Waals surface area contributed by atoms with Gasteiger partial charge in [-0.2, -0.15) is 0 Å². The first-order valence-corrected chi connectivity index (χ1v) is 14.1. The molecule has 0 spiro atoms. The molecule has 1 aliphatic rings. The summed E-state index contributed by atoms with van der Waals surface area (Å²) in [6, 6.07) is 3.59. The Morgan fingerprint density at radius 3 is 2.62 bits per heavy atom. The van der Waals surface area contributed by atoms with E-state index in [0.717, 1.165) is 4.88 Å². The van der Waals surface area contributed by atoms with Gasteiger partial charge in [-0.3, -0.25) is 9.59 Å². The number of nitrogens with zero attached hydrogens (tertiary/aromatic N) is 2. The second kappa shape index (κ2) is 9.22. The number of thiophene rings is 1. The molecule has 4 heterocycles. The van der Waals surface area contributed by atoms with E-state index in [2.05, 4.69) is 41.0 Å². The van der Waals surface area contributed by atoms with Crippen LogP contribution >= 0.6 is 11.3 Å². The van der Waals surface area contributed by atoms with Gasteiger partial charge in [-0.1, -0.05) is 20.8 Å². The van der Waals surface area contributed by atoms with Gasteiger partial charge in [-0.15, -0.1) is 11.3 Å². The number of sulfone groups is 1. The number of fused-ring (bicyclic) bond motifs is 1. The number of aromatic nitrogens is 3. The number of rotatable bonds is 6. The van der Waals surface area contributed by atoms with E-state index < -0.39 is 9.84 Å². The van der Waals surface area contributed by atoms with Crippen LogP contribution in [0.2, 0.25) is 0 Å². The molecule has 0 bridgehead atoms. The van der Waals surface area contributed by atoms with Crippen LogP contribution in [0.1, 0.15) is 67.0 Å². The van der Waals surface area contributed by atoms with Gasteiger partial charge < -0.3 is 10.3 Å². The van der Waals surface area contributed by atoms with Crippen molar-refractivity contribution in [2.45, 2.75) is 53.0 Å². The van der Waals surface area contributed by atoms with Crippen molar-refractivity contribution in [3.05, 3.63) is 35.0 Å². The first-order valence-electron chi connectivity index (χ1n) is 11.4. The fourth-order valence-corrected chi connectivity index (χ4v) is 6.30. The second-order valence-electron chi connectivity index (χ2n) is 10.1. The highest BCUT2D eigenvalue weighted by Crippen LogP contribution is 2.31. The molecular weight excluding hydrogens is 472 g/mol. The van der Waals surface area contributed by atoms with Crippen molar-refractivity contribution in [3.63, 3.8) is 0 Å². The summed E-state index contributed by atoms with van der Waals surface area (Å²) in [7, 11) is -2.94. The van der Waals surface area contributed by atoms with Crippen LogP contribution in [0.5, 0.6) is 0 Å². The molecule has 0 radical (unpaired) electrons. The summed E-state index contributed by atoms with van der Waals surface area (Å²) in [4.78, 5) is 39.2. The first kappa shape index (κ1) is 24.5. The van der Waals surface area contributed by atoms with E-state index in [0.29, 0.717) is 46.6 Å². The maximum absolute atomic E-state index is 12.9. The molecule has 34 heavy (non-hydrogen) atoms. The predicted molar refractivity (Wildman–Crippen MR) is 134 cm³/mol. The minimum atomic E-state index is -2.94. The van der Waals surface area contributed by atoms with Gasteiger partial charge in [0.15, 0.2) is 11.4 Å². The Hall–Kier alpha value is -2.59. The molecule has 1 aliphatic heterocycles. The molecule has 0 saturated carbocycles. The molecule has 0 aromatic carbocycles.